The summed E-state index contributed by atoms with van der Waals surface area (Å²) in [6, 6.07) is 7.37. The predicted molar refractivity (Wildman–Crippen MR) is 65.2 cm³/mol. The van der Waals surface area contributed by atoms with E-state index in [2.05, 4.69) is 15.6 Å². The number of nitrogens with zero attached hydrogens (tertiary/aromatic N) is 3. The van der Waals surface area contributed by atoms with Crippen LogP contribution in [-0.2, 0) is 6.54 Å². The number of rotatable bonds is 5. The summed E-state index contributed by atoms with van der Waals surface area (Å²) in [5.74, 6) is 0. The molecule has 0 saturated heterocycles. The van der Waals surface area contributed by atoms with Gasteiger partial charge < -0.3 is 10.4 Å². The summed E-state index contributed by atoms with van der Waals surface area (Å²) in [7, 11) is 0. The van der Waals surface area contributed by atoms with Crippen molar-refractivity contribution in [2.24, 2.45) is 0 Å². The molecule has 0 radical (unpaired) electrons. The van der Waals surface area contributed by atoms with Gasteiger partial charge in [0.15, 0.2) is 0 Å². The summed E-state index contributed by atoms with van der Waals surface area (Å²) in [5, 5.41) is 20.4. The fourth-order valence-corrected chi connectivity index (χ4v) is 1.52. The van der Waals surface area contributed by atoms with E-state index < -0.39 is 0 Å². The van der Waals surface area contributed by atoms with E-state index in [-0.39, 0.29) is 6.61 Å². The van der Waals surface area contributed by atoms with Gasteiger partial charge in [-0.25, -0.2) is 4.68 Å². The van der Waals surface area contributed by atoms with Crippen molar-refractivity contribution in [2.45, 2.75) is 6.54 Å². The van der Waals surface area contributed by atoms with E-state index in [1.165, 1.54) is 0 Å². The van der Waals surface area contributed by atoms with E-state index in [0.717, 1.165) is 11.4 Å². The zero-order valence-corrected chi connectivity index (χ0v) is 9.93. The Labute approximate surface area is 104 Å². The lowest BCUT2D eigenvalue weighted by Crippen LogP contribution is -2.17. The molecule has 0 amide bonds. The fraction of sp³-hybridized carbons (Fsp3) is 0.273. The zero-order valence-electron chi connectivity index (χ0n) is 9.17. The first-order valence-electron chi connectivity index (χ1n) is 5.28. The van der Waals surface area contributed by atoms with Gasteiger partial charge in [0.2, 0.25) is 0 Å². The van der Waals surface area contributed by atoms with Crippen LogP contribution < -0.4 is 5.32 Å². The van der Waals surface area contributed by atoms with Crippen LogP contribution in [0.5, 0.6) is 0 Å². The molecule has 0 unspecified atom stereocenters. The van der Waals surface area contributed by atoms with Crippen molar-refractivity contribution in [2.75, 3.05) is 13.2 Å². The van der Waals surface area contributed by atoms with Crippen molar-refractivity contribution in [3.63, 3.8) is 0 Å². The quantitative estimate of drug-likeness (QED) is 0.780. The van der Waals surface area contributed by atoms with Crippen molar-refractivity contribution in [1.29, 1.82) is 0 Å². The van der Waals surface area contributed by atoms with Crippen LogP contribution in [0.1, 0.15) is 5.69 Å². The van der Waals surface area contributed by atoms with Gasteiger partial charge in [0.25, 0.3) is 0 Å². The predicted octanol–water partition coefficient (Wildman–Crippen LogP) is 1.00. The monoisotopic (exact) mass is 252 g/mol. The van der Waals surface area contributed by atoms with Crippen molar-refractivity contribution in [3.05, 3.63) is 41.2 Å². The highest BCUT2D eigenvalue weighted by atomic mass is 35.5. The highest BCUT2D eigenvalue weighted by molar-refractivity contribution is 6.30. The summed E-state index contributed by atoms with van der Waals surface area (Å²) < 4.78 is 1.69. The van der Waals surface area contributed by atoms with E-state index in [9.17, 15) is 0 Å². The number of nitrogens with one attached hydrogen (secondary N) is 1. The highest BCUT2D eigenvalue weighted by Crippen LogP contribution is 2.12. The minimum atomic E-state index is 0.116. The number of hydrogen-bond donors (Lipinski definition) is 2. The number of benzene rings is 1. The summed E-state index contributed by atoms with van der Waals surface area (Å²) in [6.45, 7) is 1.26. The average Bonchev–Trinajstić information content (AvgIpc) is 2.79. The Morgan fingerprint density at radius 1 is 1.29 bits per heavy atom. The average molecular weight is 253 g/mol. The van der Waals surface area contributed by atoms with Crippen LogP contribution in [0.2, 0.25) is 5.02 Å². The molecular weight excluding hydrogens is 240 g/mol. The molecule has 0 aliphatic rings. The molecule has 90 valence electrons. The molecule has 0 bridgehead atoms. The number of hydrogen-bond acceptors (Lipinski definition) is 4. The Bertz CT molecular complexity index is 469. The van der Waals surface area contributed by atoms with E-state index in [4.69, 9.17) is 16.7 Å². The second-order valence-corrected chi connectivity index (χ2v) is 3.97. The minimum absolute atomic E-state index is 0.116. The molecule has 1 heterocycles. The third-order valence-corrected chi connectivity index (χ3v) is 2.48. The van der Waals surface area contributed by atoms with Crippen LogP contribution in [0, 0.1) is 0 Å². The molecule has 1 aromatic heterocycles. The summed E-state index contributed by atoms with van der Waals surface area (Å²) in [4.78, 5) is 0. The maximum Gasteiger partial charge on any atom is 0.0969 e. The molecule has 6 heteroatoms. The van der Waals surface area contributed by atoms with E-state index in [1.807, 2.05) is 30.5 Å². The first kappa shape index (κ1) is 12.0. The third-order valence-electron chi connectivity index (χ3n) is 2.23. The molecule has 0 spiro atoms. The van der Waals surface area contributed by atoms with Crippen LogP contribution in [0.4, 0.5) is 0 Å². The Kier molecular flexibility index (Phi) is 4.08. The molecule has 2 aromatic rings. The first-order valence-corrected chi connectivity index (χ1v) is 5.66. The third kappa shape index (κ3) is 3.26. The maximum atomic E-state index is 8.64. The van der Waals surface area contributed by atoms with Gasteiger partial charge in [0, 0.05) is 18.1 Å². The van der Waals surface area contributed by atoms with Crippen molar-refractivity contribution >= 4 is 11.6 Å². The van der Waals surface area contributed by atoms with Crippen LogP contribution >= 0.6 is 11.6 Å². The Hall–Kier alpha value is -1.43. The second kappa shape index (κ2) is 5.77. The number of aliphatic hydroxyl groups is 1. The van der Waals surface area contributed by atoms with E-state index in [1.54, 1.807) is 4.68 Å². The normalized spacial score (nSPS) is 10.7. The SMILES string of the molecule is OCCNCc1cn(-c2ccc(Cl)cc2)nn1. The second-order valence-electron chi connectivity index (χ2n) is 3.53. The number of aliphatic hydroxyl groups excluding tert-OH is 1. The summed E-state index contributed by atoms with van der Waals surface area (Å²) in [6.07, 6.45) is 1.84. The van der Waals surface area contributed by atoms with Crippen molar-refractivity contribution < 1.29 is 5.11 Å². The molecule has 0 aliphatic carbocycles. The van der Waals surface area contributed by atoms with Crippen LogP contribution in [0.3, 0.4) is 0 Å². The largest absolute Gasteiger partial charge is 0.395 e. The lowest BCUT2D eigenvalue weighted by molar-refractivity contribution is 0.291. The summed E-state index contributed by atoms with van der Waals surface area (Å²) >= 11 is 5.81. The van der Waals surface area contributed by atoms with Gasteiger partial charge >= 0.3 is 0 Å². The number of aromatic nitrogens is 3. The van der Waals surface area contributed by atoms with Crippen LogP contribution in [0.15, 0.2) is 30.5 Å². The molecular formula is C11H13ClN4O. The van der Waals surface area contributed by atoms with Gasteiger partial charge in [-0.2, -0.15) is 0 Å². The van der Waals surface area contributed by atoms with E-state index in [0.29, 0.717) is 18.1 Å². The highest BCUT2D eigenvalue weighted by Gasteiger charge is 2.02. The summed E-state index contributed by atoms with van der Waals surface area (Å²) in [5.41, 5.74) is 1.74. The molecule has 0 fully saturated rings. The maximum absolute atomic E-state index is 8.64. The fourth-order valence-electron chi connectivity index (χ4n) is 1.39. The number of halogens is 1. The van der Waals surface area contributed by atoms with Gasteiger partial charge in [-0.3, -0.25) is 0 Å². The van der Waals surface area contributed by atoms with Gasteiger partial charge in [0.05, 0.1) is 24.2 Å². The Morgan fingerprint density at radius 2 is 2.06 bits per heavy atom. The minimum Gasteiger partial charge on any atom is -0.395 e. The molecule has 17 heavy (non-hydrogen) atoms. The van der Waals surface area contributed by atoms with E-state index >= 15 is 0 Å². The lowest BCUT2D eigenvalue weighted by Gasteiger charge is -1.99. The molecule has 1 aromatic carbocycles. The molecule has 5 nitrogen and oxygen atoms in total. The standard InChI is InChI=1S/C11H13ClN4O/c12-9-1-3-11(4-2-9)16-8-10(14-15-16)7-13-5-6-17/h1-4,8,13,17H,5-7H2. The lowest BCUT2D eigenvalue weighted by atomic mass is 10.3. The van der Waals surface area contributed by atoms with Gasteiger partial charge in [0.1, 0.15) is 0 Å². The molecule has 2 N–H and O–H groups in total. The Balaban J connectivity index is 2.04. The topological polar surface area (TPSA) is 63.0 Å². The molecule has 2 rings (SSSR count). The smallest absolute Gasteiger partial charge is 0.0969 e. The van der Waals surface area contributed by atoms with Gasteiger partial charge in [-0.15, -0.1) is 5.10 Å². The van der Waals surface area contributed by atoms with Crippen LogP contribution in [-0.4, -0.2) is 33.3 Å². The van der Waals surface area contributed by atoms with Gasteiger partial charge in [-0.1, -0.05) is 16.8 Å². The van der Waals surface area contributed by atoms with Crippen molar-refractivity contribution in [3.8, 4) is 5.69 Å². The molecule has 0 atom stereocenters. The van der Waals surface area contributed by atoms with Crippen LogP contribution in [0.25, 0.3) is 5.69 Å². The van der Waals surface area contributed by atoms with Gasteiger partial charge in [-0.05, 0) is 24.3 Å². The first-order chi connectivity index (χ1) is 8.29. The van der Waals surface area contributed by atoms with Crippen molar-refractivity contribution in [1.82, 2.24) is 20.3 Å². The molecule has 0 saturated carbocycles. The zero-order chi connectivity index (χ0) is 12.1. The Morgan fingerprint density at radius 3 is 2.76 bits per heavy atom. The molecule has 0 aliphatic heterocycles.